The number of nitro groups is 1. The minimum absolute atomic E-state index is 0.0937. The average molecular weight is 256 g/mol. The molecule has 0 saturated carbocycles. The zero-order valence-electron chi connectivity index (χ0n) is 7.74. The van der Waals surface area contributed by atoms with E-state index in [9.17, 15) is 10.1 Å². The average Bonchev–Trinajstić information content (AvgIpc) is 2.16. The van der Waals surface area contributed by atoms with Crippen LogP contribution in [0.3, 0.4) is 0 Å². The number of halogens is 1. The fourth-order valence-corrected chi connectivity index (χ4v) is 1.93. The summed E-state index contributed by atoms with van der Waals surface area (Å²) in [6, 6.07) is 5.01. The van der Waals surface area contributed by atoms with Gasteiger partial charge in [-0.15, -0.1) is 6.58 Å². The second kappa shape index (κ2) is 4.37. The molecule has 0 spiro atoms. The molecule has 0 heterocycles. The van der Waals surface area contributed by atoms with Gasteiger partial charge in [0.2, 0.25) is 0 Å². The molecule has 74 valence electrons. The number of hydrogen-bond acceptors (Lipinski definition) is 2. The van der Waals surface area contributed by atoms with Crippen LogP contribution in [-0.2, 0) is 0 Å². The smallest absolute Gasteiger partial charge is 0.258 e. The fourth-order valence-electron chi connectivity index (χ4n) is 1.16. The van der Waals surface area contributed by atoms with Gasteiger partial charge in [0.1, 0.15) is 0 Å². The molecule has 0 aromatic heterocycles. The number of allylic oxidation sites excluding steroid dienone is 1. The summed E-state index contributed by atoms with van der Waals surface area (Å²) in [6.45, 7) is 5.60. The van der Waals surface area contributed by atoms with E-state index in [1.54, 1.807) is 12.1 Å². The first kappa shape index (κ1) is 10.9. The predicted molar refractivity (Wildman–Crippen MR) is 59.4 cm³/mol. The summed E-state index contributed by atoms with van der Waals surface area (Å²) in [5, 5.41) is 10.6. The van der Waals surface area contributed by atoms with Crippen LogP contribution < -0.4 is 0 Å². The Morgan fingerprint density at radius 3 is 2.79 bits per heavy atom. The highest BCUT2D eigenvalue weighted by molar-refractivity contribution is 9.10. The van der Waals surface area contributed by atoms with Crippen LogP contribution in [0, 0.1) is 10.1 Å². The molecule has 3 nitrogen and oxygen atoms in total. The normalized spacial score (nSPS) is 12.1. The van der Waals surface area contributed by atoms with Crippen LogP contribution in [0.15, 0.2) is 35.3 Å². The van der Waals surface area contributed by atoms with E-state index in [1.165, 1.54) is 6.07 Å². The van der Waals surface area contributed by atoms with Gasteiger partial charge in [0.05, 0.1) is 9.40 Å². The summed E-state index contributed by atoms with van der Waals surface area (Å²) < 4.78 is 0.539. The SMILES string of the molecule is C=CC(C)c1cccc([N+](=O)[O-])c1Br. The number of rotatable bonds is 3. The number of hydrogen-bond donors (Lipinski definition) is 0. The molecule has 0 aliphatic carbocycles. The lowest BCUT2D eigenvalue weighted by Crippen LogP contribution is -1.95. The van der Waals surface area contributed by atoms with Gasteiger partial charge in [0, 0.05) is 12.0 Å². The van der Waals surface area contributed by atoms with Crippen LogP contribution in [0.25, 0.3) is 0 Å². The van der Waals surface area contributed by atoms with E-state index in [4.69, 9.17) is 0 Å². The van der Waals surface area contributed by atoms with Crippen molar-refractivity contribution >= 4 is 21.6 Å². The van der Waals surface area contributed by atoms with Gasteiger partial charge in [-0.2, -0.15) is 0 Å². The van der Waals surface area contributed by atoms with Crippen molar-refractivity contribution in [2.24, 2.45) is 0 Å². The van der Waals surface area contributed by atoms with Crippen molar-refractivity contribution in [3.63, 3.8) is 0 Å². The van der Waals surface area contributed by atoms with E-state index < -0.39 is 4.92 Å². The molecule has 14 heavy (non-hydrogen) atoms. The van der Waals surface area contributed by atoms with Crippen LogP contribution >= 0.6 is 15.9 Å². The molecule has 0 saturated heterocycles. The second-order valence-electron chi connectivity index (χ2n) is 2.96. The monoisotopic (exact) mass is 255 g/mol. The lowest BCUT2D eigenvalue weighted by Gasteiger charge is -2.08. The first-order valence-corrected chi connectivity index (χ1v) is 4.92. The van der Waals surface area contributed by atoms with E-state index >= 15 is 0 Å². The molecule has 1 unspecified atom stereocenters. The van der Waals surface area contributed by atoms with Gasteiger partial charge in [-0.3, -0.25) is 10.1 Å². The Morgan fingerprint density at radius 1 is 1.64 bits per heavy atom. The van der Waals surface area contributed by atoms with E-state index in [0.717, 1.165) is 5.56 Å². The van der Waals surface area contributed by atoms with Gasteiger partial charge in [-0.25, -0.2) is 0 Å². The maximum Gasteiger partial charge on any atom is 0.283 e. The largest absolute Gasteiger partial charge is 0.283 e. The van der Waals surface area contributed by atoms with Crippen LogP contribution in [0.5, 0.6) is 0 Å². The Labute approximate surface area is 90.7 Å². The molecule has 0 radical (unpaired) electrons. The third-order valence-electron chi connectivity index (χ3n) is 2.05. The molecule has 1 aromatic carbocycles. The van der Waals surface area contributed by atoms with Crippen LogP contribution in [-0.4, -0.2) is 4.92 Å². The van der Waals surface area contributed by atoms with Crippen molar-refractivity contribution in [1.29, 1.82) is 0 Å². The van der Waals surface area contributed by atoms with E-state index in [0.29, 0.717) is 4.47 Å². The summed E-state index contributed by atoms with van der Waals surface area (Å²) in [6.07, 6.45) is 1.75. The Hall–Kier alpha value is -1.16. The summed E-state index contributed by atoms with van der Waals surface area (Å²) in [7, 11) is 0. The van der Waals surface area contributed by atoms with Crippen molar-refractivity contribution in [2.45, 2.75) is 12.8 Å². The third-order valence-corrected chi connectivity index (χ3v) is 2.91. The maximum absolute atomic E-state index is 10.6. The zero-order valence-corrected chi connectivity index (χ0v) is 9.32. The number of nitro benzene ring substituents is 1. The molecular weight excluding hydrogens is 246 g/mol. The highest BCUT2D eigenvalue weighted by Gasteiger charge is 2.16. The molecule has 0 amide bonds. The van der Waals surface area contributed by atoms with E-state index in [1.807, 2.05) is 13.0 Å². The lowest BCUT2D eigenvalue weighted by molar-refractivity contribution is -0.385. The number of benzene rings is 1. The van der Waals surface area contributed by atoms with Gasteiger partial charge in [-0.1, -0.05) is 25.1 Å². The third kappa shape index (κ3) is 2.01. The van der Waals surface area contributed by atoms with Gasteiger partial charge in [-0.05, 0) is 21.5 Å². The van der Waals surface area contributed by atoms with Gasteiger partial charge in [0.25, 0.3) is 5.69 Å². The second-order valence-corrected chi connectivity index (χ2v) is 3.75. The standard InChI is InChI=1S/C10H10BrNO2/c1-3-7(2)8-5-4-6-9(10(8)11)12(13)14/h3-7H,1H2,2H3. The Bertz CT molecular complexity index is 376. The highest BCUT2D eigenvalue weighted by atomic mass is 79.9. The maximum atomic E-state index is 10.6. The van der Waals surface area contributed by atoms with Crippen molar-refractivity contribution in [3.8, 4) is 0 Å². The molecule has 0 fully saturated rings. The fraction of sp³-hybridized carbons (Fsp3) is 0.200. The zero-order chi connectivity index (χ0) is 10.7. The highest BCUT2D eigenvalue weighted by Crippen LogP contribution is 2.32. The molecule has 0 aliphatic heterocycles. The first-order valence-electron chi connectivity index (χ1n) is 4.13. The first-order chi connectivity index (χ1) is 6.57. The summed E-state index contributed by atoms with van der Waals surface area (Å²) in [4.78, 5) is 10.2. The van der Waals surface area contributed by atoms with E-state index in [2.05, 4.69) is 22.5 Å². The molecular formula is C10H10BrNO2. The topological polar surface area (TPSA) is 43.1 Å². The lowest BCUT2D eigenvalue weighted by atomic mass is 10.0. The molecule has 4 heteroatoms. The Kier molecular flexibility index (Phi) is 3.41. The minimum atomic E-state index is -0.399. The molecule has 0 bridgehead atoms. The van der Waals surface area contributed by atoms with Gasteiger partial charge >= 0.3 is 0 Å². The molecule has 1 aromatic rings. The molecule has 0 N–H and O–H groups in total. The van der Waals surface area contributed by atoms with Crippen LogP contribution in [0.2, 0.25) is 0 Å². The Balaban J connectivity index is 3.26. The van der Waals surface area contributed by atoms with Crippen molar-refractivity contribution in [1.82, 2.24) is 0 Å². The summed E-state index contributed by atoms with van der Waals surface area (Å²) >= 11 is 3.23. The summed E-state index contributed by atoms with van der Waals surface area (Å²) in [5.74, 6) is 0.101. The summed E-state index contributed by atoms with van der Waals surface area (Å²) in [5.41, 5.74) is 0.977. The van der Waals surface area contributed by atoms with Gasteiger partial charge in [0.15, 0.2) is 0 Å². The molecule has 1 rings (SSSR count). The van der Waals surface area contributed by atoms with E-state index in [-0.39, 0.29) is 11.6 Å². The quantitative estimate of drug-likeness (QED) is 0.470. The van der Waals surface area contributed by atoms with Crippen molar-refractivity contribution < 1.29 is 4.92 Å². The van der Waals surface area contributed by atoms with Crippen molar-refractivity contribution in [3.05, 3.63) is 51.0 Å². The van der Waals surface area contributed by atoms with Crippen LogP contribution in [0.1, 0.15) is 18.4 Å². The minimum Gasteiger partial charge on any atom is -0.258 e. The number of nitrogens with zero attached hydrogens (tertiary/aromatic N) is 1. The van der Waals surface area contributed by atoms with Gasteiger partial charge < -0.3 is 0 Å². The Morgan fingerprint density at radius 2 is 2.29 bits per heavy atom. The molecule has 1 atom stereocenters. The van der Waals surface area contributed by atoms with Crippen LogP contribution in [0.4, 0.5) is 5.69 Å². The molecule has 0 aliphatic rings. The predicted octanol–water partition coefficient (Wildman–Crippen LogP) is 3.65. The van der Waals surface area contributed by atoms with Crippen molar-refractivity contribution in [2.75, 3.05) is 0 Å².